The van der Waals surface area contributed by atoms with Crippen LogP contribution in [0, 0.1) is 11.3 Å². The molecule has 106 valence electrons. The fourth-order valence-corrected chi connectivity index (χ4v) is 2.15. The number of carbonyl (C=O) groups is 1. The van der Waals surface area contributed by atoms with Crippen molar-refractivity contribution in [1.29, 1.82) is 5.26 Å². The van der Waals surface area contributed by atoms with Gasteiger partial charge in [-0.1, -0.05) is 6.92 Å². The Morgan fingerprint density at radius 2 is 2.55 bits per heavy atom. The van der Waals surface area contributed by atoms with Crippen LogP contribution in [0.5, 0.6) is 0 Å². The summed E-state index contributed by atoms with van der Waals surface area (Å²) in [6.45, 7) is 4.03. The molecule has 0 bridgehead atoms. The van der Waals surface area contributed by atoms with Crippen molar-refractivity contribution in [2.45, 2.75) is 19.4 Å². The molecule has 20 heavy (non-hydrogen) atoms. The van der Waals surface area contributed by atoms with Crippen LogP contribution in [0.25, 0.3) is 0 Å². The van der Waals surface area contributed by atoms with Crippen LogP contribution in [-0.2, 0) is 9.53 Å². The zero-order chi connectivity index (χ0) is 14.4. The molecule has 1 N–H and O–H groups in total. The summed E-state index contributed by atoms with van der Waals surface area (Å²) in [6.07, 6.45) is 2.51. The number of morpholine rings is 1. The molecule has 0 spiro atoms. The molecule has 1 aliphatic rings. The number of nitrogens with zero attached hydrogens (tertiary/aromatic N) is 3. The van der Waals surface area contributed by atoms with E-state index in [9.17, 15) is 4.79 Å². The molecule has 6 heteroatoms. The van der Waals surface area contributed by atoms with Crippen molar-refractivity contribution < 1.29 is 9.53 Å². The average molecular weight is 274 g/mol. The zero-order valence-corrected chi connectivity index (χ0v) is 11.5. The molecular formula is C14H18N4O2. The predicted octanol–water partition coefficient (Wildman–Crippen LogP) is 0.685. The third-order valence-electron chi connectivity index (χ3n) is 3.16. The number of ether oxygens (including phenoxy) is 1. The van der Waals surface area contributed by atoms with E-state index in [1.54, 1.807) is 18.3 Å². The minimum atomic E-state index is -0.433. The summed E-state index contributed by atoms with van der Waals surface area (Å²) in [5, 5.41) is 12.0. The highest BCUT2D eigenvalue weighted by atomic mass is 16.5. The lowest BCUT2D eigenvalue weighted by Gasteiger charge is -2.35. The smallest absolute Gasteiger partial charge is 0.245 e. The number of amides is 1. The van der Waals surface area contributed by atoms with Gasteiger partial charge in [0.1, 0.15) is 17.9 Å². The van der Waals surface area contributed by atoms with E-state index < -0.39 is 6.04 Å². The van der Waals surface area contributed by atoms with E-state index in [0.29, 0.717) is 37.7 Å². The van der Waals surface area contributed by atoms with Crippen molar-refractivity contribution in [2.75, 3.05) is 31.2 Å². The third-order valence-corrected chi connectivity index (χ3v) is 3.16. The Kier molecular flexibility index (Phi) is 4.91. The summed E-state index contributed by atoms with van der Waals surface area (Å²) in [5.41, 5.74) is 0.475. The van der Waals surface area contributed by atoms with Crippen LogP contribution in [0.1, 0.15) is 18.9 Å². The second-order valence-corrected chi connectivity index (χ2v) is 4.56. The molecule has 1 atom stereocenters. The average Bonchev–Trinajstić information content (AvgIpc) is 2.52. The van der Waals surface area contributed by atoms with Crippen LogP contribution in [0.15, 0.2) is 18.3 Å². The molecule has 1 saturated heterocycles. The number of hydrogen-bond acceptors (Lipinski definition) is 5. The molecule has 6 nitrogen and oxygen atoms in total. The molecule has 1 unspecified atom stereocenters. The largest absolute Gasteiger partial charge is 0.377 e. The zero-order valence-electron chi connectivity index (χ0n) is 11.5. The molecule has 1 amide bonds. The Morgan fingerprint density at radius 1 is 1.70 bits per heavy atom. The number of carbonyl (C=O) groups excluding carboxylic acids is 1. The number of nitriles is 1. The van der Waals surface area contributed by atoms with Gasteiger partial charge in [-0.05, 0) is 18.6 Å². The molecule has 1 fully saturated rings. The van der Waals surface area contributed by atoms with E-state index >= 15 is 0 Å². The fourth-order valence-electron chi connectivity index (χ4n) is 2.15. The maximum Gasteiger partial charge on any atom is 0.245 e. The molecular weight excluding hydrogens is 256 g/mol. The summed E-state index contributed by atoms with van der Waals surface area (Å²) < 4.78 is 5.40. The van der Waals surface area contributed by atoms with E-state index in [1.807, 2.05) is 11.8 Å². The minimum Gasteiger partial charge on any atom is -0.377 e. The molecule has 2 rings (SSSR count). The lowest BCUT2D eigenvalue weighted by atomic mass is 10.1. The Balaban J connectivity index is 2.22. The van der Waals surface area contributed by atoms with Gasteiger partial charge < -0.3 is 15.0 Å². The van der Waals surface area contributed by atoms with Gasteiger partial charge >= 0.3 is 0 Å². The van der Waals surface area contributed by atoms with Crippen molar-refractivity contribution in [3.63, 3.8) is 0 Å². The highest BCUT2D eigenvalue weighted by molar-refractivity contribution is 5.85. The molecule has 0 aliphatic carbocycles. The van der Waals surface area contributed by atoms with E-state index in [2.05, 4.69) is 16.4 Å². The summed E-state index contributed by atoms with van der Waals surface area (Å²) in [7, 11) is 0. The SMILES string of the molecule is CCCNC(=O)C1COCCN1c1ncccc1C#N. The predicted molar refractivity (Wildman–Crippen MR) is 74.2 cm³/mol. The summed E-state index contributed by atoms with van der Waals surface area (Å²) in [6, 6.07) is 5.11. The third kappa shape index (κ3) is 3.06. The summed E-state index contributed by atoms with van der Waals surface area (Å²) in [5.74, 6) is 0.469. The van der Waals surface area contributed by atoms with Gasteiger partial charge in [-0.25, -0.2) is 4.98 Å². The van der Waals surface area contributed by atoms with E-state index in [-0.39, 0.29) is 5.91 Å². The highest BCUT2D eigenvalue weighted by Gasteiger charge is 2.31. The number of hydrogen-bond donors (Lipinski definition) is 1. The van der Waals surface area contributed by atoms with E-state index in [4.69, 9.17) is 10.00 Å². The maximum atomic E-state index is 12.2. The lowest BCUT2D eigenvalue weighted by Crippen LogP contribution is -2.54. The molecule has 0 saturated carbocycles. The standard InChI is InChI=1S/C14H18N4O2/c1-2-5-17-14(19)12-10-20-8-7-18(12)13-11(9-15)4-3-6-16-13/h3-4,6,12H,2,5,7-8,10H2,1H3,(H,17,19). The Bertz CT molecular complexity index is 512. The van der Waals surface area contributed by atoms with Crippen LogP contribution in [-0.4, -0.2) is 43.2 Å². The van der Waals surface area contributed by atoms with Crippen molar-refractivity contribution >= 4 is 11.7 Å². The quantitative estimate of drug-likeness (QED) is 0.873. The first kappa shape index (κ1) is 14.3. The first-order valence-electron chi connectivity index (χ1n) is 6.75. The molecule has 1 aliphatic heterocycles. The van der Waals surface area contributed by atoms with Crippen LogP contribution in [0.3, 0.4) is 0 Å². The molecule has 2 heterocycles. The van der Waals surface area contributed by atoms with E-state index in [0.717, 1.165) is 6.42 Å². The number of rotatable bonds is 4. The van der Waals surface area contributed by atoms with Gasteiger partial charge in [-0.15, -0.1) is 0 Å². The number of nitrogens with one attached hydrogen (secondary N) is 1. The van der Waals surface area contributed by atoms with Crippen molar-refractivity contribution in [1.82, 2.24) is 10.3 Å². The first-order chi connectivity index (χ1) is 9.77. The second-order valence-electron chi connectivity index (χ2n) is 4.56. The number of anilines is 1. The number of aromatic nitrogens is 1. The molecule has 1 aromatic heterocycles. The molecule has 0 radical (unpaired) electrons. The summed E-state index contributed by atoms with van der Waals surface area (Å²) >= 11 is 0. The summed E-state index contributed by atoms with van der Waals surface area (Å²) in [4.78, 5) is 18.3. The van der Waals surface area contributed by atoms with Gasteiger partial charge in [0, 0.05) is 19.3 Å². The van der Waals surface area contributed by atoms with Crippen LogP contribution < -0.4 is 10.2 Å². The van der Waals surface area contributed by atoms with Crippen molar-refractivity contribution in [2.24, 2.45) is 0 Å². The van der Waals surface area contributed by atoms with Gasteiger partial charge in [0.2, 0.25) is 5.91 Å². The lowest BCUT2D eigenvalue weighted by molar-refractivity contribution is -0.124. The topological polar surface area (TPSA) is 78.2 Å². The van der Waals surface area contributed by atoms with Crippen molar-refractivity contribution in [3.8, 4) is 6.07 Å². The Hall–Kier alpha value is -2.13. The minimum absolute atomic E-state index is 0.0823. The van der Waals surface area contributed by atoms with Gasteiger partial charge in [0.25, 0.3) is 0 Å². The van der Waals surface area contributed by atoms with Gasteiger partial charge in [0.15, 0.2) is 0 Å². The van der Waals surface area contributed by atoms with Crippen LogP contribution in [0.4, 0.5) is 5.82 Å². The van der Waals surface area contributed by atoms with E-state index in [1.165, 1.54) is 0 Å². The number of pyridine rings is 1. The Labute approximate surface area is 118 Å². The molecule has 1 aromatic rings. The van der Waals surface area contributed by atoms with Gasteiger partial charge in [-0.3, -0.25) is 4.79 Å². The fraction of sp³-hybridized carbons (Fsp3) is 0.500. The first-order valence-corrected chi connectivity index (χ1v) is 6.75. The maximum absolute atomic E-state index is 12.2. The second kappa shape index (κ2) is 6.87. The van der Waals surface area contributed by atoms with Crippen molar-refractivity contribution in [3.05, 3.63) is 23.9 Å². The normalized spacial score (nSPS) is 18.4. The molecule has 0 aromatic carbocycles. The van der Waals surface area contributed by atoms with Crippen LogP contribution >= 0.6 is 0 Å². The van der Waals surface area contributed by atoms with Gasteiger partial charge in [0.05, 0.1) is 18.8 Å². The van der Waals surface area contributed by atoms with Gasteiger partial charge in [-0.2, -0.15) is 5.26 Å². The Morgan fingerprint density at radius 3 is 3.30 bits per heavy atom. The van der Waals surface area contributed by atoms with Crippen LogP contribution in [0.2, 0.25) is 0 Å². The highest BCUT2D eigenvalue weighted by Crippen LogP contribution is 2.21. The monoisotopic (exact) mass is 274 g/mol.